The van der Waals surface area contributed by atoms with E-state index in [2.05, 4.69) is 5.32 Å². The standard InChI is InChI=1S/C17H16ClN5O8/c1-21-14(19)13(16(27)22(2)17(21)28)11(24)7-31-12(25)6-20-15(26)8-3-4-9(18)10(5-8)23(29)30/h3-5H,6-7,19H2,1-2H3,(H,20,26). The Labute approximate surface area is 178 Å². The van der Waals surface area contributed by atoms with Gasteiger partial charge in [-0.2, -0.15) is 0 Å². The van der Waals surface area contributed by atoms with Gasteiger partial charge in [0, 0.05) is 25.7 Å². The van der Waals surface area contributed by atoms with Gasteiger partial charge in [-0.05, 0) is 12.1 Å². The number of nitrogens with zero attached hydrogens (tertiary/aromatic N) is 3. The number of benzene rings is 1. The number of nitrogens with one attached hydrogen (secondary N) is 1. The maximum Gasteiger partial charge on any atom is 0.332 e. The number of nitro benzene ring substituents is 1. The SMILES string of the molecule is Cn1c(N)c(C(=O)COC(=O)CNC(=O)c2ccc(Cl)c([N+](=O)[O-])c2)c(=O)n(C)c1=O. The summed E-state index contributed by atoms with van der Waals surface area (Å²) in [5.41, 5.74) is 2.83. The van der Waals surface area contributed by atoms with Gasteiger partial charge in [0.25, 0.3) is 17.2 Å². The molecule has 0 saturated carbocycles. The van der Waals surface area contributed by atoms with Gasteiger partial charge in [0.2, 0.25) is 5.78 Å². The number of nitrogen functional groups attached to an aromatic ring is 1. The molecule has 1 heterocycles. The van der Waals surface area contributed by atoms with Crippen LogP contribution in [0.2, 0.25) is 5.02 Å². The number of nitrogens with two attached hydrogens (primary N) is 1. The summed E-state index contributed by atoms with van der Waals surface area (Å²) in [7, 11) is 2.42. The van der Waals surface area contributed by atoms with Crippen molar-refractivity contribution in [2.45, 2.75) is 0 Å². The molecule has 0 aliphatic heterocycles. The number of carbonyl (C=O) groups is 3. The number of hydrogen-bond acceptors (Lipinski definition) is 9. The lowest BCUT2D eigenvalue weighted by Gasteiger charge is -2.11. The molecule has 31 heavy (non-hydrogen) atoms. The second kappa shape index (κ2) is 9.21. The van der Waals surface area contributed by atoms with Crippen molar-refractivity contribution in [2.24, 2.45) is 14.1 Å². The van der Waals surface area contributed by atoms with Gasteiger partial charge in [-0.1, -0.05) is 11.6 Å². The zero-order valence-corrected chi connectivity index (χ0v) is 17.0. The van der Waals surface area contributed by atoms with E-state index >= 15 is 0 Å². The van der Waals surface area contributed by atoms with Gasteiger partial charge in [0.15, 0.2) is 6.61 Å². The fraction of sp³-hybridized carbons (Fsp3) is 0.235. The topological polar surface area (TPSA) is 186 Å². The van der Waals surface area contributed by atoms with Crippen LogP contribution < -0.4 is 22.3 Å². The van der Waals surface area contributed by atoms with Gasteiger partial charge in [0.05, 0.1) is 4.92 Å². The van der Waals surface area contributed by atoms with Crippen molar-refractivity contribution in [3.05, 3.63) is 65.3 Å². The maximum absolute atomic E-state index is 12.2. The molecule has 2 rings (SSSR count). The monoisotopic (exact) mass is 453 g/mol. The molecule has 0 fully saturated rings. The number of Topliss-reactive ketones (excluding diaryl/α,β-unsaturated/α-hetero) is 1. The average Bonchev–Trinajstić information content (AvgIpc) is 2.73. The summed E-state index contributed by atoms with van der Waals surface area (Å²) < 4.78 is 6.29. The van der Waals surface area contributed by atoms with E-state index < -0.39 is 58.2 Å². The first-order valence-electron chi connectivity index (χ1n) is 8.42. The van der Waals surface area contributed by atoms with Gasteiger partial charge < -0.3 is 15.8 Å². The van der Waals surface area contributed by atoms with Crippen molar-refractivity contribution in [1.29, 1.82) is 0 Å². The number of anilines is 1. The zero-order chi connectivity index (χ0) is 23.5. The van der Waals surface area contributed by atoms with Crippen molar-refractivity contribution in [3.63, 3.8) is 0 Å². The molecule has 0 aliphatic carbocycles. The van der Waals surface area contributed by atoms with Gasteiger partial charge in [-0.15, -0.1) is 0 Å². The summed E-state index contributed by atoms with van der Waals surface area (Å²) in [6.07, 6.45) is 0. The van der Waals surface area contributed by atoms with E-state index in [1.807, 2.05) is 0 Å². The molecule has 0 aliphatic rings. The fourth-order valence-corrected chi connectivity index (χ4v) is 2.63. The van der Waals surface area contributed by atoms with E-state index in [1.165, 1.54) is 13.1 Å². The molecule has 0 saturated heterocycles. The molecule has 14 heteroatoms. The predicted molar refractivity (Wildman–Crippen MR) is 107 cm³/mol. The highest BCUT2D eigenvalue weighted by Gasteiger charge is 2.22. The summed E-state index contributed by atoms with van der Waals surface area (Å²) >= 11 is 5.66. The van der Waals surface area contributed by atoms with Gasteiger partial charge in [0.1, 0.15) is 22.9 Å². The summed E-state index contributed by atoms with van der Waals surface area (Å²) in [6, 6.07) is 3.31. The first kappa shape index (κ1) is 23.3. The minimum Gasteiger partial charge on any atom is -0.456 e. The largest absolute Gasteiger partial charge is 0.456 e. The normalized spacial score (nSPS) is 10.4. The van der Waals surface area contributed by atoms with Crippen molar-refractivity contribution < 1.29 is 24.0 Å². The zero-order valence-electron chi connectivity index (χ0n) is 16.2. The number of carbonyl (C=O) groups excluding carboxylic acids is 3. The molecule has 0 unspecified atom stereocenters. The van der Waals surface area contributed by atoms with Crippen LogP contribution in [0, 0.1) is 10.1 Å². The van der Waals surface area contributed by atoms with Crippen LogP contribution in [-0.2, 0) is 23.6 Å². The number of rotatable bonds is 7. The van der Waals surface area contributed by atoms with E-state index in [9.17, 15) is 34.1 Å². The summed E-state index contributed by atoms with van der Waals surface area (Å²) in [5.74, 6) is -3.17. The third-order valence-electron chi connectivity index (χ3n) is 4.15. The fourth-order valence-electron chi connectivity index (χ4n) is 2.44. The van der Waals surface area contributed by atoms with Crippen molar-refractivity contribution in [2.75, 3.05) is 18.9 Å². The molecule has 0 spiro atoms. The lowest BCUT2D eigenvalue weighted by Crippen LogP contribution is -2.42. The number of amides is 1. The van der Waals surface area contributed by atoms with Crippen LogP contribution in [0.5, 0.6) is 0 Å². The third-order valence-corrected chi connectivity index (χ3v) is 4.47. The van der Waals surface area contributed by atoms with Gasteiger partial charge in [-0.3, -0.25) is 38.4 Å². The number of hydrogen-bond donors (Lipinski definition) is 2. The molecule has 0 radical (unpaired) electrons. The highest BCUT2D eigenvalue weighted by Crippen LogP contribution is 2.24. The smallest absolute Gasteiger partial charge is 0.332 e. The highest BCUT2D eigenvalue weighted by atomic mass is 35.5. The molecular weight excluding hydrogens is 438 g/mol. The average molecular weight is 454 g/mol. The number of ketones is 1. The maximum atomic E-state index is 12.2. The number of halogens is 1. The molecule has 164 valence electrons. The minimum absolute atomic E-state index is 0.124. The lowest BCUT2D eigenvalue weighted by atomic mass is 10.2. The van der Waals surface area contributed by atoms with E-state index in [0.717, 1.165) is 23.7 Å². The molecule has 1 aromatic carbocycles. The Hall–Kier alpha value is -4.00. The van der Waals surface area contributed by atoms with Crippen LogP contribution in [0.4, 0.5) is 11.5 Å². The second-order valence-corrected chi connectivity index (χ2v) is 6.56. The molecule has 3 N–H and O–H groups in total. The first-order chi connectivity index (χ1) is 14.5. The van der Waals surface area contributed by atoms with Crippen LogP contribution in [0.25, 0.3) is 0 Å². The molecule has 13 nitrogen and oxygen atoms in total. The van der Waals surface area contributed by atoms with E-state index in [4.69, 9.17) is 22.1 Å². The van der Waals surface area contributed by atoms with E-state index in [0.29, 0.717) is 4.57 Å². The molecule has 0 atom stereocenters. The summed E-state index contributed by atoms with van der Waals surface area (Å²) in [6.45, 7) is -1.53. The Morgan fingerprint density at radius 1 is 1.23 bits per heavy atom. The van der Waals surface area contributed by atoms with Crippen LogP contribution in [0.3, 0.4) is 0 Å². The van der Waals surface area contributed by atoms with E-state index in [1.54, 1.807) is 0 Å². The number of esters is 1. The highest BCUT2D eigenvalue weighted by molar-refractivity contribution is 6.32. The molecule has 0 bridgehead atoms. The Morgan fingerprint density at radius 2 is 1.87 bits per heavy atom. The van der Waals surface area contributed by atoms with Crippen molar-refractivity contribution in [1.82, 2.24) is 14.5 Å². The third kappa shape index (κ3) is 4.95. The van der Waals surface area contributed by atoms with Crippen LogP contribution in [-0.4, -0.2) is 44.9 Å². The first-order valence-corrected chi connectivity index (χ1v) is 8.80. The Bertz CT molecular complexity index is 1220. The van der Waals surface area contributed by atoms with Crippen molar-refractivity contribution >= 4 is 40.8 Å². The van der Waals surface area contributed by atoms with Crippen molar-refractivity contribution in [3.8, 4) is 0 Å². The van der Waals surface area contributed by atoms with E-state index in [-0.39, 0.29) is 16.4 Å². The van der Waals surface area contributed by atoms with Crippen LogP contribution in [0.15, 0.2) is 27.8 Å². The molecule has 1 amide bonds. The molecule has 2 aromatic rings. The Balaban J connectivity index is 2.01. The molecule has 1 aromatic heterocycles. The number of aromatic nitrogens is 2. The van der Waals surface area contributed by atoms with Gasteiger partial charge >= 0.3 is 11.7 Å². The molecular formula is C17H16ClN5O8. The quantitative estimate of drug-likeness (QED) is 0.238. The summed E-state index contributed by atoms with van der Waals surface area (Å²) in [4.78, 5) is 70.1. The summed E-state index contributed by atoms with van der Waals surface area (Å²) in [5, 5.41) is 12.9. The number of nitro groups is 1. The van der Waals surface area contributed by atoms with Crippen LogP contribution >= 0.6 is 11.6 Å². The second-order valence-electron chi connectivity index (χ2n) is 6.16. The lowest BCUT2D eigenvalue weighted by molar-refractivity contribution is -0.384. The number of ether oxygens (including phenoxy) is 1. The Morgan fingerprint density at radius 3 is 2.48 bits per heavy atom. The Kier molecular flexibility index (Phi) is 6.92. The predicted octanol–water partition coefficient (Wildman–Crippen LogP) is -0.616. The van der Waals surface area contributed by atoms with Crippen LogP contribution in [0.1, 0.15) is 20.7 Å². The van der Waals surface area contributed by atoms with Gasteiger partial charge in [-0.25, -0.2) is 4.79 Å². The minimum atomic E-state index is -1.02.